The van der Waals surface area contributed by atoms with Crippen molar-refractivity contribution in [2.45, 2.75) is 82.0 Å². The average molecular weight is 526 g/mol. The van der Waals surface area contributed by atoms with Crippen molar-refractivity contribution in [1.82, 2.24) is 15.5 Å². The molecule has 210 valence electrons. The van der Waals surface area contributed by atoms with Crippen LogP contribution in [0.5, 0.6) is 0 Å². The van der Waals surface area contributed by atoms with Crippen LogP contribution in [0.25, 0.3) is 0 Å². The molecule has 1 aromatic carbocycles. The van der Waals surface area contributed by atoms with Crippen molar-refractivity contribution in [1.29, 1.82) is 0 Å². The van der Waals surface area contributed by atoms with Crippen LogP contribution < -0.4 is 10.6 Å². The molecule has 4 N–H and O–H groups in total. The molecule has 2 fully saturated rings. The van der Waals surface area contributed by atoms with Crippen molar-refractivity contribution in [3.8, 4) is 0 Å². The lowest BCUT2D eigenvalue weighted by Gasteiger charge is -2.43. The summed E-state index contributed by atoms with van der Waals surface area (Å²) >= 11 is 0. The van der Waals surface area contributed by atoms with Crippen molar-refractivity contribution < 1.29 is 28.5 Å². The monoisotopic (exact) mass is 525 g/mol. The Kier molecular flexibility index (Phi) is 11.6. The van der Waals surface area contributed by atoms with Gasteiger partial charge in [0.05, 0.1) is 17.7 Å². The van der Waals surface area contributed by atoms with Gasteiger partial charge < -0.3 is 30.5 Å². The summed E-state index contributed by atoms with van der Waals surface area (Å²) in [5.74, 6) is -1.56. The molecule has 7 nitrogen and oxygen atoms in total. The number of ether oxygens (including phenoxy) is 1. The van der Waals surface area contributed by atoms with Crippen LogP contribution in [0.4, 0.5) is 13.6 Å². The summed E-state index contributed by atoms with van der Waals surface area (Å²) in [6.45, 7) is 1.67. The Morgan fingerprint density at radius 1 is 1.19 bits per heavy atom. The third-order valence-electron chi connectivity index (χ3n) is 8.21. The van der Waals surface area contributed by atoms with Crippen molar-refractivity contribution in [3.05, 3.63) is 35.4 Å². The van der Waals surface area contributed by atoms with Crippen LogP contribution in [0.1, 0.15) is 69.8 Å². The van der Waals surface area contributed by atoms with E-state index in [0.717, 1.165) is 43.9 Å². The van der Waals surface area contributed by atoms with Crippen LogP contribution in [0, 0.1) is 23.5 Å². The summed E-state index contributed by atoms with van der Waals surface area (Å²) in [4.78, 5) is 15.0. The highest BCUT2D eigenvalue weighted by molar-refractivity contribution is 5.74. The SMILES string of the molecule is CNC[C@@H](NC(=O)N1CCC[C@@H]([C@@](O)(CCCCOC)c2cc(F)ccc2F)C1)[C@H](O)C1CCCCC1. The summed E-state index contributed by atoms with van der Waals surface area (Å²) in [5, 5.41) is 29.0. The average Bonchev–Trinajstić information content (AvgIpc) is 2.92. The number of methoxy groups -OCH3 is 1. The van der Waals surface area contributed by atoms with Crippen LogP contribution in [-0.2, 0) is 10.3 Å². The fourth-order valence-electron chi connectivity index (χ4n) is 6.11. The van der Waals surface area contributed by atoms with E-state index >= 15 is 0 Å². The number of piperidine rings is 1. The Bertz CT molecular complexity index is 855. The van der Waals surface area contributed by atoms with Gasteiger partial charge in [0.2, 0.25) is 0 Å². The first-order valence-corrected chi connectivity index (χ1v) is 13.8. The predicted molar refractivity (Wildman–Crippen MR) is 139 cm³/mol. The van der Waals surface area contributed by atoms with Gasteiger partial charge in [-0.3, -0.25) is 0 Å². The maximum Gasteiger partial charge on any atom is 0.317 e. The summed E-state index contributed by atoms with van der Waals surface area (Å²) in [5.41, 5.74) is -1.68. The molecule has 2 amide bonds. The second kappa shape index (κ2) is 14.4. The minimum atomic E-state index is -1.62. The van der Waals surface area contributed by atoms with E-state index in [2.05, 4.69) is 10.6 Å². The molecule has 0 radical (unpaired) electrons. The molecule has 0 spiro atoms. The number of carbonyl (C=O) groups excluding carboxylic acids is 1. The standard InChI is InChI=1S/C28H45F2N3O4/c1-31-18-25(26(34)20-9-4-3-5-10-20)32-27(35)33-15-8-11-21(19-33)28(36,14-6-7-16-37-2)23-17-22(29)12-13-24(23)30/h12-13,17,20-21,25-26,31,34,36H,3-11,14-16,18-19H2,1-2H3,(H,32,35)/t21-,25-,26-,28+/m1/s1. The first-order valence-electron chi connectivity index (χ1n) is 13.8. The van der Waals surface area contributed by atoms with E-state index in [9.17, 15) is 23.8 Å². The number of halogens is 2. The topological polar surface area (TPSA) is 94.1 Å². The molecule has 1 aromatic rings. The summed E-state index contributed by atoms with van der Waals surface area (Å²) in [6, 6.07) is 2.43. The predicted octanol–water partition coefficient (Wildman–Crippen LogP) is 3.92. The van der Waals surface area contributed by atoms with Gasteiger partial charge in [0, 0.05) is 44.8 Å². The lowest BCUT2D eigenvalue weighted by Crippen LogP contribution is -2.57. The zero-order valence-electron chi connectivity index (χ0n) is 22.4. The van der Waals surface area contributed by atoms with Gasteiger partial charge in [-0.15, -0.1) is 0 Å². The maximum absolute atomic E-state index is 14.9. The second-order valence-electron chi connectivity index (χ2n) is 10.8. The van der Waals surface area contributed by atoms with E-state index < -0.39 is 35.3 Å². The van der Waals surface area contributed by atoms with Gasteiger partial charge in [-0.25, -0.2) is 13.6 Å². The lowest BCUT2D eigenvalue weighted by atomic mass is 9.74. The fraction of sp³-hybridized carbons (Fsp3) is 0.750. The van der Waals surface area contributed by atoms with Crippen LogP contribution in [-0.4, -0.2) is 73.7 Å². The Morgan fingerprint density at radius 2 is 1.95 bits per heavy atom. The zero-order valence-corrected chi connectivity index (χ0v) is 22.4. The van der Waals surface area contributed by atoms with Crippen LogP contribution in [0.2, 0.25) is 0 Å². The van der Waals surface area contributed by atoms with Gasteiger partial charge in [-0.1, -0.05) is 19.3 Å². The number of urea groups is 1. The first-order chi connectivity index (χ1) is 17.8. The normalized spacial score (nSPS) is 22.3. The molecule has 1 heterocycles. The molecule has 0 unspecified atom stereocenters. The number of aliphatic hydroxyl groups excluding tert-OH is 1. The Morgan fingerprint density at radius 3 is 2.65 bits per heavy atom. The van der Waals surface area contributed by atoms with E-state index in [1.54, 1.807) is 19.1 Å². The fourth-order valence-corrected chi connectivity index (χ4v) is 6.11. The van der Waals surface area contributed by atoms with Crippen molar-refractivity contribution in [2.75, 3.05) is 40.4 Å². The number of nitrogens with one attached hydrogen (secondary N) is 2. The van der Waals surface area contributed by atoms with Gasteiger partial charge in [-0.2, -0.15) is 0 Å². The molecule has 1 aliphatic heterocycles. The molecule has 1 saturated heterocycles. The summed E-state index contributed by atoms with van der Waals surface area (Å²) < 4.78 is 34.1. The Labute approximate surface area is 220 Å². The lowest BCUT2D eigenvalue weighted by molar-refractivity contribution is -0.0592. The number of likely N-dealkylation sites (N-methyl/N-ethyl adjacent to an activating group) is 1. The maximum atomic E-state index is 14.9. The van der Waals surface area contributed by atoms with Gasteiger partial charge in [0.25, 0.3) is 0 Å². The Hall–Kier alpha value is -1.81. The van der Waals surface area contributed by atoms with E-state index in [1.165, 1.54) is 6.42 Å². The highest BCUT2D eigenvalue weighted by atomic mass is 19.1. The number of hydrogen-bond acceptors (Lipinski definition) is 5. The van der Waals surface area contributed by atoms with Crippen molar-refractivity contribution in [3.63, 3.8) is 0 Å². The smallest absolute Gasteiger partial charge is 0.317 e. The number of amides is 2. The highest BCUT2D eigenvalue weighted by Crippen LogP contribution is 2.41. The number of benzene rings is 1. The number of likely N-dealkylation sites (tertiary alicyclic amines) is 1. The molecule has 1 aliphatic carbocycles. The molecular weight excluding hydrogens is 480 g/mol. The quantitative estimate of drug-likeness (QED) is 0.311. The third kappa shape index (κ3) is 7.85. The first kappa shape index (κ1) is 29.7. The van der Waals surface area contributed by atoms with E-state index in [1.807, 2.05) is 0 Å². The number of carbonyl (C=O) groups is 1. The molecule has 37 heavy (non-hydrogen) atoms. The second-order valence-corrected chi connectivity index (χ2v) is 10.8. The van der Waals surface area contributed by atoms with E-state index in [-0.39, 0.29) is 30.5 Å². The van der Waals surface area contributed by atoms with Crippen molar-refractivity contribution in [2.24, 2.45) is 11.8 Å². The van der Waals surface area contributed by atoms with E-state index in [4.69, 9.17) is 4.74 Å². The molecule has 2 aliphatic rings. The number of hydrogen-bond donors (Lipinski definition) is 4. The molecule has 3 rings (SSSR count). The minimum absolute atomic E-state index is 0.0574. The van der Waals surface area contributed by atoms with Crippen LogP contribution in [0.3, 0.4) is 0 Å². The minimum Gasteiger partial charge on any atom is -0.391 e. The Balaban J connectivity index is 1.75. The van der Waals surface area contributed by atoms with Gasteiger partial charge >= 0.3 is 6.03 Å². The highest BCUT2D eigenvalue weighted by Gasteiger charge is 2.43. The van der Waals surface area contributed by atoms with E-state index in [0.29, 0.717) is 45.4 Å². The molecule has 4 atom stereocenters. The molecule has 9 heteroatoms. The molecule has 1 saturated carbocycles. The number of nitrogens with zero attached hydrogens (tertiary/aromatic N) is 1. The number of rotatable bonds is 12. The third-order valence-corrected chi connectivity index (χ3v) is 8.21. The zero-order chi connectivity index (χ0) is 26.8. The van der Waals surface area contributed by atoms with Gasteiger partial charge in [-0.05, 0) is 76.1 Å². The van der Waals surface area contributed by atoms with Gasteiger partial charge in [0.15, 0.2) is 0 Å². The van der Waals surface area contributed by atoms with Crippen molar-refractivity contribution >= 4 is 6.03 Å². The molecular formula is C28H45F2N3O4. The summed E-state index contributed by atoms with van der Waals surface area (Å²) in [6.07, 6.45) is 7.35. The molecule has 0 aromatic heterocycles. The largest absolute Gasteiger partial charge is 0.391 e. The van der Waals surface area contributed by atoms with Gasteiger partial charge in [0.1, 0.15) is 11.6 Å². The number of unbranched alkanes of at least 4 members (excludes halogenated alkanes) is 1. The number of aliphatic hydroxyl groups is 2. The summed E-state index contributed by atoms with van der Waals surface area (Å²) in [7, 11) is 3.39. The van der Waals surface area contributed by atoms with Crippen LogP contribution in [0.15, 0.2) is 18.2 Å². The molecule has 0 bridgehead atoms. The van der Waals surface area contributed by atoms with Crippen LogP contribution >= 0.6 is 0 Å².